The zero-order chi connectivity index (χ0) is 15.4. The Kier molecular flexibility index (Phi) is 5.22. The summed E-state index contributed by atoms with van der Waals surface area (Å²) in [7, 11) is 0. The van der Waals surface area contributed by atoms with Crippen LogP contribution in [0.4, 0.5) is 0 Å². The summed E-state index contributed by atoms with van der Waals surface area (Å²) in [6.45, 7) is 0. The molecule has 2 N–H and O–H groups in total. The molecule has 0 radical (unpaired) electrons. The van der Waals surface area contributed by atoms with E-state index in [9.17, 15) is 4.79 Å². The summed E-state index contributed by atoms with van der Waals surface area (Å²) in [5.41, 5.74) is 6.49. The Morgan fingerprint density at radius 3 is 2.67 bits per heavy atom. The number of carbonyl (C=O) groups excluding carboxylic acids is 1. The molecule has 0 aliphatic carbocycles. The van der Waals surface area contributed by atoms with E-state index in [-0.39, 0.29) is 16.4 Å². The minimum Gasteiger partial charge on any atom is -0.380 e. The van der Waals surface area contributed by atoms with Gasteiger partial charge in [0.25, 0.3) is 0 Å². The second-order valence-corrected chi connectivity index (χ2v) is 5.75. The van der Waals surface area contributed by atoms with Gasteiger partial charge in [0, 0.05) is 15.1 Å². The molecule has 0 fully saturated rings. The number of amidine groups is 1. The van der Waals surface area contributed by atoms with Gasteiger partial charge in [-0.1, -0.05) is 56.4 Å². The van der Waals surface area contributed by atoms with E-state index in [1.807, 2.05) is 6.07 Å². The number of carbonyl (C=O) groups is 1. The first kappa shape index (κ1) is 15.8. The third-order valence-electron chi connectivity index (χ3n) is 2.50. The molecule has 2 aromatic carbocycles. The lowest BCUT2D eigenvalue weighted by atomic mass is 10.2. The van der Waals surface area contributed by atoms with Gasteiger partial charge >= 0.3 is 5.97 Å². The summed E-state index contributed by atoms with van der Waals surface area (Å²) >= 11 is 15.0. The molecule has 7 heteroatoms. The zero-order valence-corrected chi connectivity index (χ0v) is 13.6. The van der Waals surface area contributed by atoms with E-state index in [1.165, 1.54) is 12.1 Å². The van der Waals surface area contributed by atoms with E-state index in [4.69, 9.17) is 33.8 Å². The van der Waals surface area contributed by atoms with Gasteiger partial charge in [-0.25, -0.2) is 4.79 Å². The predicted molar refractivity (Wildman–Crippen MR) is 86.7 cm³/mol. The Morgan fingerprint density at radius 2 is 1.95 bits per heavy atom. The highest BCUT2D eigenvalue weighted by atomic mass is 79.9. The van der Waals surface area contributed by atoms with Crippen LogP contribution in [0.3, 0.4) is 0 Å². The maximum atomic E-state index is 11.9. The van der Waals surface area contributed by atoms with Crippen molar-refractivity contribution in [1.29, 1.82) is 0 Å². The molecular weight excluding hydrogens is 379 g/mol. The average molecular weight is 388 g/mol. The highest BCUT2D eigenvalue weighted by Crippen LogP contribution is 2.21. The van der Waals surface area contributed by atoms with Gasteiger partial charge < -0.3 is 10.6 Å². The molecule has 4 nitrogen and oxygen atoms in total. The van der Waals surface area contributed by atoms with E-state index in [0.717, 1.165) is 4.47 Å². The van der Waals surface area contributed by atoms with Crippen molar-refractivity contribution >= 4 is 50.9 Å². The minimum absolute atomic E-state index is 0.0720. The number of nitrogens with two attached hydrogens (primary N) is 1. The van der Waals surface area contributed by atoms with Crippen LogP contribution in [0.25, 0.3) is 0 Å². The fourth-order valence-corrected chi connectivity index (χ4v) is 2.26. The van der Waals surface area contributed by atoms with Crippen molar-refractivity contribution in [2.45, 2.75) is 0 Å². The van der Waals surface area contributed by atoms with Crippen LogP contribution in [-0.2, 0) is 4.84 Å². The van der Waals surface area contributed by atoms with Crippen molar-refractivity contribution in [3.05, 3.63) is 68.1 Å². The molecule has 0 heterocycles. The molecule has 0 atom stereocenters. The second-order valence-electron chi connectivity index (χ2n) is 3.99. The Hall–Kier alpha value is -1.56. The molecule has 0 aliphatic heterocycles. The molecule has 0 aromatic heterocycles. The lowest BCUT2D eigenvalue weighted by Gasteiger charge is -2.03. The number of hydrogen-bond donors (Lipinski definition) is 1. The normalized spacial score (nSPS) is 11.3. The Morgan fingerprint density at radius 1 is 1.19 bits per heavy atom. The van der Waals surface area contributed by atoms with Crippen LogP contribution in [0.1, 0.15) is 15.9 Å². The van der Waals surface area contributed by atoms with E-state index >= 15 is 0 Å². The first-order valence-electron chi connectivity index (χ1n) is 5.73. The summed E-state index contributed by atoms with van der Waals surface area (Å²) in [6.07, 6.45) is 0. The minimum atomic E-state index is -0.736. The number of rotatable bonds is 3. The molecule has 0 saturated carbocycles. The van der Waals surface area contributed by atoms with E-state index < -0.39 is 5.97 Å². The average Bonchev–Trinajstić information content (AvgIpc) is 2.47. The lowest BCUT2D eigenvalue weighted by Crippen LogP contribution is -2.15. The van der Waals surface area contributed by atoms with Crippen molar-refractivity contribution in [2.75, 3.05) is 0 Å². The summed E-state index contributed by atoms with van der Waals surface area (Å²) < 4.78 is 0.836. The summed E-state index contributed by atoms with van der Waals surface area (Å²) in [6, 6.07) is 11.6. The summed E-state index contributed by atoms with van der Waals surface area (Å²) in [5, 5.41) is 4.20. The van der Waals surface area contributed by atoms with E-state index in [0.29, 0.717) is 10.6 Å². The van der Waals surface area contributed by atoms with Crippen LogP contribution >= 0.6 is 39.1 Å². The molecule has 0 aliphatic rings. The van der Waals surface area contributed by atoms with Gasteiger partial charge in [-0.3, -0.25) is 0 Å². The van der Waals surface area contributed by atoms with Crippen molar-refractivity contribution < 1.29 is 9.63 Å². The molecule has 21 heavy (non-hydrogen) atoms. The van der Waals surface area contributed by atoms with Gasteiger partial charge in [-0.15, -0.1) is 0 Å². The Labute approximate surface area is 139 Å². The van der Waals surface area contributed by atoms with Crippen LogP contribution < -0.4 is 5.73 Å². The molecule has 0 saturated heterocycles. The molecule has 0 bridgehead atoms. The predicted octanol–water partition coefficient (Wildman–Crippen LogP) is 4.23. The van der Waals surface area contributed by atoms with Gasteiger partial charge in [-0.05, 0) is 30.3 Å². The van der Waals surface area contributed by atoms with E-state index in [2.05, 4.69) is 21.1 Å². The third kappa shape index (κ3) is 4.20. The zero-order valence-electron chi connectivity index (χ0n) is 10.5. The van der Waals surface area contributed by atoms with Crippen LogP contribution in [0.2, 0.25) is 10.0 Å². The fraction of sp³-hybridized carbons (Fsp3) is 0. The smallest absolute Gasteiger partial charge is 0.367 e. The monoisotopic (exact) mass is 386 g/mol. The lowest BCUT2D eigenvalue weighted by molar-refractivity contribution is 0.0516. The van der Waals surface area contributed by atoms with Gasteiger partial charge in [0.2, 0.25) is 0 Å². The first-order chi connectivity index (χ1) is 9.97. The molecule has 108 valence electrons. The number of nitrogens with zero attached hydrogens (tertiary/aromatic N) is 1. The molecule has 2 aromatic rings. The third-order valence-corrected chi connectivity index (χ3v) is 3.55. The summed E-state index contributed by atoms with van der Waals surface area (Å²) in [4.78, 5) is 16.7. The fourth-order valence-electron chi connectivity index (χ4n) is 1.49. The molecule has 0 spiro atoms. The van der Waals surface area contributed by atoms with Gasteiger partial charge in [0.05, 0.1) is 10.6 Å². The van der Waals surface area contributed by atoms with E-state index in [1.54, 1.807) is 24.3 Å². The van der Waals surface area contributed by atoms with Crippen LogP contribution in [0, 0.1) is 0 Å². The second kappa shape index (κ2) is 6.93. The highest BCUT2D eigenvalue weighted by molar-refractivity contribution is 9.10. The standard InChI is InChI=1S/C14H9BrCl2N2O2/c15-9-3-1-2-8(6-9)13(18)19-21-14(20)11-7-10(16)4-5-12(11)17/h1-7H,(H2,18,19). The maximum Gasteiger partial charge on any atom is 0.367 e. The van der Waals surface area contributed by atoms with Gasteiger partial charge in [0.15, 0.2) is 5.84 Å². The molecule has 0 unspecified atom stereocenters. The quantitative estimate of drug-likeness (QED) is 0.371. The topological polar surface area (TPSA) is 64.7 Å². The molecular formula is C14H9BrCl2N2O2. The highest BCUT2D eigenvalue weighted by Gasteiger charge is 2.13. The Balaban J connectivity index is 2.16. The number of halogens is 3. The number of oxime groups is 1. The Bertz CT molecular complexity index is 720. The van der Waals surface area contributed by atoms with Crippen molar-refractivity contribution in [3.8, 4) is 0 Å². The molecule has 2 rings (SSSR count). The van der Waals surface area contributed by atoms with Crippen LogP contribution in [-0.4, -0.2) is 11.8 Å². The van der Waals surface area contributed by atoms with Gasteiger partial charge in [-0.2, -0.15) is 0 Å². The number of benzene rings is 2. The van der Waals surface area contributed by atoms with Crippen molar-refractivity contribution in [2.24, 2.45) is 10.9 Å². The van der Waals surface area contributed by atoms with Crippen LogP contribution in [0.15, 0.2) is 52.1 Å². The van der Waals surface area contributed by atoms with Crippen LogP contribution in [0.5, 0.6) is 0 Å². The van der Waals surface area contributed by atoms with Crippen molar-refractivity contribution in [3.63, 3.8) is 0 Å². The molecule has 0 amide bonds. The van der Waals surface area contributed by atoms with Gasteiger partial charge in [0.1, 0.15) is 0 Å². The van der Waals surface area contributed by atoms with Crippen molar-refractivity contribution in [1.82, 2.24) is 0 Å². The summed E-state index contributed by atoms with van der Waals surface area (Å²) in [5.74, 6) is -0.664. The SMILES string of the molecule is NC(=NOC(=O)c1cc(Cl)ccc1Cl)c1cccc(Br)c1. The maximum absolute atomic E-state index is 11.9. The first-order valence-corrected chi connectivity index (χ1v) is 7.28. The largest absolute Gasteiger partial charge is 0.380 e. The number of hydrogen-bond acceptors (Lipinski definition) is 3.